The van der Waals surface area contributed by atoms with Gasteiger partial charge in [0.05, 0.1) is 12.2 Å². The average molecular weight is 395 g/mol. The molecule has 0 unspecified atom stereocenters. The highest BCUT2D eigenvalue weighted by molar-refractivity contribution is 6.00. The lowest BCUT2D eigenvalue weighted by atomic mass is 9.98. The highest BCUT2D eigenvalue weighted by Gasteiger charge is 2.31. The number of amides is 1. The molecule has 29 heavy (non-hydrogen) atoms. The zero-order valence-electron chi connectivity index (χ0n) is 16.5. The van der Waals surface area contributed by atoms with E-state index in [1.54, 1.807) is 12.1 Å². The van der Waals surface area contributed by atoms with Crippen molar-refractivity contribution in [1.82, 2.24) is 0 Å². The van der Waals surface area contributed by atoms with Gasteiger partial charge in [0.15, 0.2) is 6.10 Å². The molecule has 2 aliphatic heterocycles. The van der Waals surface area contributed by atoms with Crippen LogP contribution in [0.25, 0.3) is 0 Å². The molecule has 1 saturated heterocycles. The smallest absolute Gasteiger partial charge is 0.339 e. The van der Waals surface area contributed by atoms with Gasteiger partial charge in [0.2, 0.25) is 0 Å². The predicted molar refractivity (Wildman–Crippen MR) is 108 cm³/mol. The van der Waals surface area contributed by atoms with E-state index in [0.29, 0.717) is 30.2 Å². The number of carbonyl (C=O) groups is 2. The van der Waals surface area contributed by atoms with E-state index in [4.69, 9.17) is 14.2 Å². The maximum absolute atomic E-state index is 12.7. The summed E-state index contributed by atoms with van der Waals surface area (Å²) in [5.41, 5.74) is 2.98. The number of rotatable bonds is 5. The first-order chi connectivity index (χ1) is 14.1. The monoisotopic (exact) mass is 395 g/mol. The Hall–Kier alpha value is -2.86. The molecule has 2 aliphatic rings. The van der Waals surface area contributed by atoms with Gasteiger partial charge in [0, 0.05) is 31.4 Å². The van der Waals surface area contributed by atoms with Crippen LogP contribution in [0.4, 0.5) is 5.69 Å². The summed E-state index contributed by atoms with van der Waals surface area (Å²) in [7, 11) is 0. The summed E-state index contributed by atoms with van der Waals surface area (Å²) in [6.45, 7) is 4.18. The van der Waals surface area contributed by atoms with E-state index >= 15 is 0 Å². The fraction of sp³-hybridized carbons (Fsp3) is 0.391. The number of esters is 1. The van der Waals surface area contributed by atoms with Crippen LogP contribution in [-0.2, 0) is 20.7 Å². The lowest BCUT2D eigenvalue weighted by molar-refractivity contribution is -0.125. The first-order valence-corrected chi connectivity index (χ1v) is 10.0. The number of hydrogen-bond donors (Lipinski definition) is 1. The molecule has 2 aromatic carbocycles. The van der Waals surface area contributed by atoms with Crippen molar-refractivity contribution in [2.75, 3.05) is 25.1 Å². The maximum Gasteiger partial charge on any atom is 0.339 e. The Balaban J connectivity index is 1.40. The molecule has 0 radical (unpaired) electrons. The largest absolute Gasteiger partial charge is 0.493 e. The molecule has 1 amide bonds. The SMILES string of the molecule is Cc1ccc(NC(=O)[C@H]2Cc3ccccc3C(=O)O2)cc1OCC1CCOCC1. The number of cyclic esters (lactones) is 1. The topological polar surface area (TPSA) is 73.9 Å². The molecule has 0 aliphatic carbocycles. The molecule has 152 valence electrons. The molecule has 0 saturated carbocycles. The fourth-order valence-electron chi connectivity index (χ4n) is 3.65. The molecule has 1 atom stereocenters. The number of nitrogens with one attached hydrogen (secondary N) is 1. The van der Waals surface area contributed by atoms with Crippen LogP contribution in [0.2, 0.25) is 0 Å². The number of benzene rings is 2. The molecule has 1 N–H and O–H groups in total. The van der Waals surface area contributed by atoms with Gasteiger partial charge in [-0.15, -0.1) is 0 Å². The molecule has 6 nitrogen and oxygen atoms in total. The Kier molecular flexibility index (Phi) is 5.81. The van der Waals surface area contributed by atoms with Gasteiger partial charge in [0.25, 0.3) is 5.91 Å². The van der Waals surface area contributed by atoms with Crippen molar-refractivity contribution in [3.8, 4) is 5.75 Å². The second kappa shape index (κ2) is 8.66. The van der Waals surface area contributed by atoms with Crippen molar-refractivity contribution in [1.29, 1.82) is 0 Å². The first kappa shape index (κ1) is 19.5. The van der Waals surface area contributed by atoms with Crippen LogP contribution < -0.4 is 10.1 Å². The normalized spacial score (nSPS) is 19.2. The lowest BCUT2D eigenvalue weighted by Crippen LogP contribution is -2.37. The third kappa shape index (κ3) is 4.59. The average Bonchev–Trinajstić information content (AvgIpc) is 2.75. The Morgan fingerprint density at radius 2 is 1.97 bits per heavy atom. The Bertz CT molecular complexity index is 904. The number of aryl methyl sites for hydroxylation is 1. The molecule has 4 rings (SSSR count). The van der Waals surface area contributed by atoms with E-state index < -0.39 is 12.1 Å². The van der Waals surface area contributed by atoms with E-state index in [0.717, 1.165) is 42.9 Å². The number of anilines is 1. The molecule has 0 spiro atoms. The number of carbonyl (C=O) groups excluding carboxylic acids is 2. The molecule has 2 heterocycles. The van der Waals surface area contributed by atoms with Gasteiger partial charge in [0.1, 0.15) is 5.75 Å². The first-order valence-electron chi connectivity index (χ1n) is 10.0. The van der Waals surface area contributed by atoms with Crippen LogP contribution in [0.5, 0.6) is 5.75 Å². The molecule has 2 aromatic rings. The third-order valence-corrected chi connectivity index (χ3v) is 5.46. The van der Waals surface area contributed by atoms with E-state index in [1.165, 1.54) is 0 Å². The molecule has 6 heteroatoms. The minimum Gasteiger partial charge on any atom is -0.493 e. The van der Waals surface area contributed by atoms with Crippen molar-refractivity contribution in [2.45, 2.75) is 32.3 Å². The van der Waals surface area contributed by atoms with E-state index in [-0.39, 0.29) is 5.91 Å². The van der Waals surface area contributed by atoms with Gasteiger partial charge < -0.3 is 19.5 Å². The van der Waals surface area contributed by atoms with Gasteiger partial charge in [-0.2, -0.15) is 0 Å². The summed E-state index contributed by atoms with van der Waals surface area (Å²) in [6, 6.07) is 12.8. The molecule has 1 fully saturated rings. The Morgan fingerprint density at radius 3 is 2.79 bits per heavy atom. The van der Waals surface area contributed by atoms with Gasteiger partial charge >= 0.3 is 5.97 Å². The van der Waals surface area contributed by atoms with Gasteiger partial charge in [-0.1, -0.05) is 24.3 Å². The summed E-state index contributed by atoms with van der Waals surface area (Å²) < 4.78 is 16.7. The molecular weight excluding hydrogens is 370 g/mol. The van der Waals surface area contributed by atoms with E-state index in [9.17, 15) is 9.59 Å². The quantitative estimate of drug-likeness (QED) is 0.784. The predicted octanol–water partition coefficient (Wildman–Crippen LogP) is 3.52. The number of hydrogen-bond acceptors (Lipinski definition) is 5. The molecular formula is C23H25NO5. The second-order valence-electron chi connectivity index (χ2n) is 7.59. The summed E-state index contributed by atoms with van der Waals surface area (Å²) in [4.78, 5) is 24.8. The van der Waals surface area contributed by atoms with Crippen molar-refractivity contribution in [2.24, 2.45) is 5.92 Å². The third-order valence-electron chi connectivity index (χ3n) is 5.46. The lowest BCUT2D eigenvalue weighted by Gasteiger charge is -2.24. The Morgan fingerprint density at radius 1 is 1.17 bits per heavy atom. The van der Waals surface area contributed by atoms with E-state index in [1.807, 2.05) is 37.3 Å². The zero-order valence-corrected chi connectivity index (χ0v) is 16.5. The van der Waals surface area contributed by atoms with Crippen LogP contribution in [0.1, 0.15) is 34.3 Å². The fourth-order valence-corrected chi connectivity index (χ4v) is 3.65. The summed E-state index contributed by atoms with van der Waals surface area (Å²) in [5, 5.41) is 2.85. The summed E-state index contributed by atoms with van der Waals surface area (Å²) in [5.74, 6) is 0.437. The Labute approximate surface area is 170 Å². The van der Waals surface area contributed by atoms with Crippen molar-refractivity contribution in [3.63, 3.8) is 0 Å². The van der Waals surface area contributed by atoms with Crippen LogP contribution in [0.3, 0.4) is 0 Å². The second-order valence-corrected chi connectivity index (χ2v) is 7.59. The van der Waals surface area contributed by atoms with Crippen LogP contribution in [0.15, 0.2) is 42.5 Å². The van der Waals surface area contributed by atoms with Gasteiger partial charge in [-0.25, -0.2) is 4.79 Å². The van der Waals surface area contributed by atoms with Crippen LogP contribution in [-0.4, -0.2) is 37.8 Å². The molecule has 0 aromatic heterocycles. The van der Waals surface area contributed by atoms with Crippen LogP contribution >= 0.6 is 0 Å². The van der Waals surface area contributed by atoms with Gasteiger partial charge in [-0.05, 0) is 48.9 Å². The molecule has 0 bridgehead atoms. The number of fused-ring (bicyclic) bond motifs is 1. The zero-order chi connectivity index (χ0) is 20.2. The minimum absolute atomic E-state index is 0.341. The maximum atomic E-state index is 12.7. The summed E-state index contributed by atoms with van der Waals surface area (Å²) in [6.07, 6.45) is 1.53. The highest BCUT2D eigenvalue weighted by atomic mass is 16.5. The van der Waals surface area contributed by atoms with E-state index in [2.05, 4.69) is 5.32 Å². The summed E-state index contributed by atoms with van der Waals surface area (Å²) >= 11 is 0. The standard InChI is InChI=1S/C23H25NO5/c1-15-6-7-18(13-20(15)28-14-16-8-10-27-11-9-16)24-22(25)21-12-17-4-2-3-5-19(17)23(26)29-21/h2-7,13,16,21H,8-12,14H2,1H3,(H,24,25)/t21-/m1/s1. The highest BCUT2D eigenvalue weighted by Crippen LogP contribution is 2.26. The van der Waals surface area contributed by atoms with Crippen molar-refractivity contribution >= 4 is 17.6 Å². The minimum atomic E-state index is -0.842. The number of ether oxygens (including phenoxy) is 3. The van der Waals surface area contributed by atoms with Crippen molar-refractivity contribution in [3.05, 3.63) is 59.2 Å². The van der Waals surface area contributed by atoms with Crippen molar-refractivity contribution < 1.29 is 23.8 Å². The van der Waals surface area contributed by atoms with Gasteiger partial charge in [-0.3, -0.25) is 4.79 Å². The van der Waals surface area contributed by atoms with Crippen LogP contribution in [0, 0.1) is 12.8 Å².